The van der Waals surface area contributed by atoms with Gasteiger partial charge in [-0.3, -0.25) is 0 Å². The number of hydrogen-bond acceptors (Lipinski definition) is 5. The van der Waals surface area contributed by atoms with Gasteiger partial charge in [-0.05, 0) is 55.2 Å². The van der Waals surface area contributed by atoms with Gasteiger partial charge in [-0.15, -0.1) is 0 Å². The maximum Gasteiger partial charge on any atom is 0.408 e. The van der Waals surface area contributed by atoms with Crippen molar-refractivity contribution in [1.82, 2.24) is 5.32 Å². The summed E-state index contributed by atoms with van der Waals surface area (Å²) >= 11 is 0. The summed E-state index contributed by atoms with van der Waals surface area (Å²) < 4.78 is 16.1. The van der Waals surface area contributed by atoms with E-state index in [1.165, 1.54) is 7.11 Å². The normalized spacial score (nSPS) is 11.9. The van der Waals surface area contributed by atoms with Crippen LogP contribution < -0.4 is 10.1 Å². The molecule has 0 radical (unpaired) electrons. The Labute approximate surface area is 200 Å². The number of benzene rings is 3. The van der Waals surface area contributed by atoms with Crippen LogP contribution in [-0.2, 0) is 27.3 Å². The molecule has 0 saturated carbocycles. The smallest absolute Gasteiger partial charge is 0.408 e. The van der Waals surface area contributed by atoms with E-state index >= 15 is 0 Å². The van der Waals surface area contributed by atoms with Crippen LogP contribution in [0.1, 0.15) is 31.9 Å². The Balaban J connectivity index is 1.66. The van der Waals surface area contributed by atoms with Crippen LogP contribution in [0.25, 0.3) is 11.1 Å². The standard InChI is InChI=1S/C28H31NO5/c1-28(2,3)34-27(31)29-25(26(30)32-4)17-20-13-15-22(16-14-20)23-11-8-12-24(18-23)33-19-21-9-6-5-7-10-21/h5-16,18,25H,17,19H2,1-4H3,(H,29,31)/t25-/m0/s1. The van der Waals surface area contributed by atoms with Gasteiger partial charge in [-0.25, -0.2) is 9.59 Å². The molecule has 1 N–H and O–H groups in total. The SMILES string of the molecule is COC(=O)[C@H](Cc1ccc(-c2cccc(OCc3ccccc3)c2)cc1)NC(=O)OC(C)(C)C. The van der Waals surface area contributed by atoms with Crippen LogP contribution in [0, 0.1) is 0 Å². The molecule has 1 amide bonds. The maximum atomic E-state index is 12.2. The van der Waals surface area contributed by atoms with E-state index in [9.17, 15) is 9.59 Å². The molecule has 0 aliphatic carbocycles. The average Bonchev–Trinajstić information content (AvgIpc) is 2.82. The first-order valence-electron chi connectivity index (χ1n) is 11.2. The number of hydrogen-bond donors (Lipinski definition) is 1. The molecule has 6 nitrogen and oxygen atoms in total. The van der Waals surface area contributed by atoms with Gasteiger partial charge in [0.05, 0.1) is 7.11 Å². The van der Waals surface area contributed by atoms with Gasteiger partial charge in [0, 0.05) is 6.42 Å². The Morgan fingerprint density at radius 2 is 1.56 bits per heavy atom. The minimum Gasteiger partial charge on any atom is -0.489 e. The molecular formula is C28H31NO5. The van der Waals surface area contributed by atoms with Crippen molar-refractivity contribution < 1.29 is 23.8 Å². The summed E-state index contributed by atoms with van der Waals surface area (Å²) in [6, 6.07) is 24.9. The second-order valence-corrected chi connectivity index (χ2v) is 8.93. The van der Waals surface area contributed by atoms with E-state index < -0.39 is 23.7 Å². The van der Waals surface area contributed by atoms with E-state index in [2.05, 4.69) is 5.32 Å². The summed E-state index contributed by atoms with van der Waals surface area (Å²) in [6.07, 6.45) is -0.376. The lowest BCUT2D eigenvalue weighted by molar-refractivity contribution is -0.143. The first kappa shape index (κ1) is 24.8. The van der Waals surface area contributed by atoms with E-state index in [0.29, 0.717) is 6.61 Å². The number of methoxy groups -OCH3 is 1. The molecule has 0 aliphatic heterocycles. The Hall–Kier alpha value is -3.80. The molecule has 0 aromatic heterocycles. The quantitative estimate of drug-likeness (QED) is 0.446. The summed E-state index contributed by atoms with van der Waals surface area (Å²) in [5.74, 6) is 0.260. The number of esters is 1. The zero-order valence-corrected chi connectivity index (χ0v) is 20.0. The number of alkyl carbamates (subject to hydrolysis) is 1. The third-order valence-corrected chi connectivity index (χ3v) is 4.99. The number of carbonyl (C=O) groups excluding carboxylic acids is 2. The monoisotopic (exact) mass is 461 g/mol. The maximum absolute atomic E-state index is 12.2. The average molecular weight is 462 g/mol. The number of carbonyl (C=O) groups is 2. The molecule has 0 saturated heterocycles. The molecule has 178 valence electrons. The van der Waals surface area contributed by atoms with Crippen molar-refractivity contribution in [3.8, 4) is 16.9 Å². The largest absolute Gasteiger partial charge is 0.489 e. The van der Waals surface area contributed by atoms with Gasteiger partial charge in [0.2, 0.25) is 0 Å². The van der Waals surface area contributed by atoms with Gasteiger partial charge in [-0.1, -0.05) is 66.7 Å². The highest BCUT2D eigenvalue weighted by Crippen LogP contribution is 2.25. The van der Waals surface area contributed by atoms with Crippen LogP contribution in [0.15, 0.2) is 78.9 Å². The van der Waals surface area contributed by atoms with Crippen molar-refractivity contribution in [2.45, 2.75) is 45.4 Å². The molecular weight excluding hydrogens is 430 g/mol. The summed E-state index contributed by atoms with van der Waals surface area (Å²) in [5.41, 5.74) is 3.37. The van der Waals surface area contributed by atoms with Gasteiger partial charge in [-0.2, -0.15) is 0 Å². The third kappa shape index (κ3) is 7.66. The van der Waals surface area contributed by atoms with E-state index in [4.69, 9.17) is 14.2 Å². The van der Waals surface area contributed by atoms with E-state index in [1.54, 1.807) is 20.8 Å². The summed E-state index contributed by atoms with van der Waals surface area (Å²) in [5, 5.41) is 2.60. The highest BCUT2D eigenvalue weighted by Gasteiger charge is 2.25. The lowest BCUT2D eigenvalue weighted by atomic mass is 10.0. The van der Waals surface area contributed by atoms with Crippen LogP contribution in [0.4, 0.5) is 4.79 Å². The van der Waals surface area contributed by atoms with Crippen molar-refractivity contribution in [2.24, 2.45) is 0 Å². The van der Waals surface area contributed by atoms with Crippen LogP contribution in [0.3, 0.4) is 0 Å². The van der Waals surface area contributed by atoms with Gasteiger partial charge >= 0.3 is 12.1 Å². The number of rotatable bonds is 8. The predicted molar refractivity (Wildman–Crippen MR) is 132 cm³/mol. The molecule has 0 spiro atoms. The molecule has 3 aromatic rings. The number of ether oxygens (including phenoxy) is 3. The topological polar surface area (TPSA) is 73.9 Å². The Morgan fingerprint density at radius 1 is 0.853 bits per heavy atom. The van der Waals surface area contributed by atoms with Crippen LogP contribution in [0.5, 0.6) is 5.75 Å². The zero-order chi connectivity index (χ0) is 24.6. The summed E-state index contributed by atoms with van der Waals surface area (Å²) in [6.45, 7) is 5.79. The fourth-order valence-corrected chi connectivity index (χ4v) is 3.36. The first-order valence-corrected chi connectivity index (χ1v) is 11.2. The highest BCUT2D eigenvalue weighted by molar-refractivity contribution is 5.81. The number of nitrogens with one attached hydrogen (secondary N) is 1. The Morgan fingerprint density at radius 3 is 2.21 bits per heavy atom. The molecule has 1 atom stereocenters. The Bertz CT molecular complexity index is 1090. The zero-order valence-electron chi connectivity index (χ0n) is 20.0. The van der Waals surface area contributed by atoms with Gasteiger partial charge in [0.15, 0.2) is 0 Å². The van der Waals surface area contributed by atoms with E-state index in [-0.39, 0.29) is 6.42 Å². The second kappa shape index (κ2) is 11.4. The fourth-order valence-electron chi connectivity index (χ4n) is 3.36. The summed E-state index contributed by atoms with van der Waals surface area (Å²) in [7, 11) is 1.29. The lowest BCUT2D eigenvalue weighted by Gasteiger charge is -2.22. The molecule has 0 aliphatic rings. The first-order chi connectivity index (χ1) is 16.2. The van der Waals surface area contributed by atoms with Gasteiger partial charge in [0.25, 0.3) is 0 Å². The number of amides is 1. The van der Waals surface area contributed by atoms with Crippen molar-refractivity contribution in [3.63, 3.8) is 0 Å². The molecule has 0 unspecified atom stereocenters. The second-order valence-electron chi connectivity index (χ2n) is 8.93. The lowest BCUT2D eigenvalue weighted by Crippen LogP contribution is -2.45. The predicted octanol–water partition coefficient (Wildman–Crippen LogP) is 5.54. The highest BCUT2D eigenvalue weighted by atomic mass is 16.6. The van der Waals surface area contributed by atoms with E-state index in [1.807, 2.05) is 78.9 Å². The molecule has 3 rings (SSSR count). The fraction of sp³-hybridized carbons (Fsp3) is 0.286. The van der Waals surface area contributed by atoms with Crippen molar-refractivity contribution in [1.29, 1.82) is 0 Å². The summed E-state index contributed by atoms with van der Waals surface area (Å²) in [4.78, 5) is 24.3. The molecule has 0 heterocycles. The molecule has 3 aromatic carbocycles. The minimum absolute atomic E-state index is 0.284. The van der Waals surface area contributed by atoms with Crippen LogP contribution >= 0.6 is 0 Å². The minimum atomic E-state index is -0.847. The third-order valence-electron chi connectivity index (χ3n) is 4.99. The van der Waals surface area contributed by atoms with Crippen molar-refractivity contribution >= 4 is 12.1 Å². The Kier molecular flexibility index (Phi) is 8.30. The van der Waals surface area contributed by atoms with Crippen LogP contribution in [0.2, 0.25) is 0 Å². The van der Waals surface area contributed by atoms with Gasteiger partial charge in [0.1, 0.15) is 24.0 Å². The van der Waals surface area contributed by atoms with Crippen LogP contribution in [-0.4, -0.2) is 30.8 Å². The molecule has 34 heavy (non-hydrogen) atoms. The van der Waals surface area contributed by atoms with Gasteiger partial charge < -0.3 is 19.5 Å². The molecule has 0 bridgehead atoms. The van der Waals surface area contributed by atoms with Crippen molar-refractivity contribution in [3.05, 3.63) is 90.0 Å². The molecule has 6 heteroatoms. The van der Waals surface area contributed by atoms with Crippen molar-refractivity contribution in [2.75, 3.05) is 7.11 Å². The molecule has 0 fully saturated rings. The van der Waals surface area contributed by atoms with E-state index in [0.717, 1.165) is 28.0 Å².